The fourth-order valence-corrected chi connectivity index (χ4v) is 4.42. The Morgan fingerprint density at radius 2 is 2.00 bits per heavy atom. The largest absolute Gasteiger partial charge is 0.365 e. The van der Waals surface area contributed by atoms with Crippen molar-refractivity contribution in [1.29, 1.82) is 0 Å². The summed E-state index contributed by atoms with van der Waals surface area (Å²) >= 11 is 1.32. The van der Waals surface area contributed by atoms with E-state index >= 15 is 0 Å². The molecule has 1 aromatic carbocycles. The minimum atomic E-state index is -0.439. The monoisotopic (exact) mass is 371 g/mol. The van der Waals surface area contributed by atoms with Gasteiger partial charge in [0.2, 0.25) is 0 Å². The van der Waals surface area contributed by atoms with Crippen LogP contribution in [-0.2, 0) is 0 Å². The predicted molar refractivity (Wildman–Crippen MR) is 105 cm³/mol. The van der Waals surface area contributed by atoms with E-state index in [0.717, 1.165) is 30.8 Å². The highest BCUT2D eigenvalue weighted by atomic mass is 32.1. The van der Waals surface area contributed by atoms with Gasteiger partial charge in [-0.25, -0.2) is 0 Å². The number of carbonyl (C=O) groups excluding carboxylic acids is 2. The summed E-state index contributed by atoms with van der Waals surface area (Å²) in [4.78, 5) is 29.4. The maximum absolute atomic E-state index is 13.0. The van der Waals surface area contributed by atoms with Crippen molar-refractivity contribution >= 4 is 23.2 Å². The SMILES string of the molecule is CC(C)N1CCN(C(=O)c2cccc(-c3ccsc3C(N)=O)c2)C[C@@H]1C. The molecule has 3 rings (SSSR count). The van der Waals surface area contributed by atoms with Crippen LogP contribution in [0.1, 0.15) is 40.8 Å². The number of nitrogens with zero attached hydrogens (tertiary/aromatic N) is 2. The molecule has 1 atom stereocenters. The van der Waals surface area contributed by atoms with Crippen LogP contribution in [-0.4, -0.2) is 53.3 Å². The van der Waals surface area contributed by atoms with Crippen LogP contribution in [0.25, 0.3) is 11.1 Å². The van der Waals surface area contributed by atoms with Gasteiger partial charge in [-0.3, -0.25) is 14.5 Å². The van der Waals surface area contributed by atoms with E-state index in [1.807, 2.05) is 40.6 Å². The van der Waals surface area contributed by atoms with Crippen LogP contribution in [0, 0.1) is 0 Å². The molecule has 0 aliphatic carbocycles. The van der Waals surface area contributed by atoms with Crippen LogP contribution in [0.15, 0.2) is 35.7 Å². The Kier molecular flexibility index (Phi) is 5.44. The Morgan fingerprint density at radius 1 is 1.23 bits per heavy atom. The van der Waals surface area contributed by atoms with Gasteiger partial charge in [0.15, 0.2) is 0 Å². The third kappa shape index (κ3) is 3.66. The molecule has 138 valence electrons. The number of nitrogens with two attached hydrogens (primary N) is 1. The van der Waals surface area contributed by atoms with Gasteiger partial charge in [-0.1, -0.05) is 12.1 Å². The minimum Gasteiger partial charge on any atom is -0.365 e. The molecule has 5 nitrogen and oxygen atoms in total. The number of piperazine rings is 1. The zero-order valence-electron chi connectivity index (χ0n) is 15.4. The maximum Gasteiger partial charge on any atom is 0.259 e. The van der Waals surface area contributed by atoms with Crippen molar-refractivity contribution in [3.63, 3.8) is 0 Å². The summed E-state index contributed by atoms with van der Waals surface area (Å²) in [5.74, 6) is -0.400. The van der Waals surface area contributed by atoms with E-state index in [4.69, 9.17) is 5.73 Å². The Balaban J connectivity index is 1.81. The molecule has 1 saturated heterocycles. The zero-order valence-corrected chi connectivity index (χ0v) is 16.3. The van der Waals surface area contributed by atoms with Crippen molar-refractivity contribution < 1.29 is 9.59 Å². The molecule has 1 aliphatic heterocycles. The van der Waals surface area contributed by atoms with Crippen LogP contribution >= 0.6 is 11.3 Å². The smallest absolute Gasteiger partial charge is 0.259 e. The average molecular weight is 372 g/mol. The molecule has 1 aliphatic rings. The molecule has 0 unspecified atom stereocenters. The number of primary amides is 1. The Hall–Kier alpha value is -2.18. The first-order valence-corrected chi connectivity index (χ1v) is 9.79. The summed E-state index contributed by atoms with van der Waals surface area (Å²) in [5.41, 5.74) is 7.74. The molecule has 0 radical (unpaired) electrons. The van der Waals surface area contributed by atoms with Crippen molar-refractivity contribution in [2.45, 2.75) is 32.9 Å². The highest BCUT2D eigenvalue weighted by molar-refractivity contribution is 7.12. The van der Waals surface area contributed by atoms with Crippen LogP contribution in [0.2, 0.25) is 0 Å². The fourth-order valence-electron chi connectivity index (χ4n) is 3.65. The van der Waals surface area contributed by atoms with Gasteiger partial charge >= 0.3 is 0 Å². The lowest BCUT2D eigenvalue weighted by molar-refractivity contribution is 0.0426. The topological polar surface area (TPSA) is 66.6 Å². The van der Waals surface area contributed by atoms with Crippen LogP contribution in [0.3, 0.4) is 0 Å². The van der Waals surface area contributed by atoms with E-state index in [1.165, 1.54) is 11.3 Å². The normalized spacial score (nSPS) is 18.3. The van der Waals surface area contributed by atoms with E-state index in [0.29, 0.717) is 22.5 Å². The van der Waals surface area contributed by atoms with Crippen molar-refractivity contribution in [2.24, 2.45) is 5.73 Å². The predicted octanol–water partition coefficient (Wildman–Crippen LogP) is 3.07. The highest BCUT2D eigenvalue weighted by Crippen LogP contribution is 2.29. The van der Waals surface area contributed by atoms with Crippen molar-refractivity contribution in [3.05, 3.63) is 46.2 Å². The number of carbonyl (C=O) groups is 2. The summed E-state index contributed by atoms with van der Waals surface area (Å²) < 4.78 is 0. The second-order valence-corrected chi connectivity index (χ2v) is 7.96. The van der Waals surface area contributed by atoms with Crippen LogP contribution < -0.4 is 5.73 Å². The molecule has 26 heavy (non-hydrogen) atoms. The first kappa shape index (κ1) is 18.6. The molecule has 2 heterocycles. The molecule has 1 fully saturated rings. The summed E-state index contributed by atoms with van der Waals surface area (Å²) in [6.07, 6.45) is 0. The Labute approximate surface area is 158 Å². The summed E-state index contributed by atoms with van der Waals surface area (Å²) in [6.45, 7) is 8.90. The van der Waals surface area contributed by atoms with Gasteiger partial charge in [0.05, 0.1) is 4.88 Å². The van der Waals surface area contributed by atoms with E-state index in [9.17, 15) is 9.59 Å². The van der Waals surface area contributed by atoms with Crippen molar-refractivity contribution in [3.8, 4) is 11.1 Å². The molecule has 2 aromatic rings. The van der Waals surface area contributed by atoms with E-state index in [-0.39, 0.29) is 5.91 Å². The molecule has 6 heteroatoms. The Morgan fingerprint density at radius 3 is 2.65 bits per heavy atom. The van der Waals surface area contributed by atoms with Gasteiger partial charge in [0.25, 0.3) is 11.8 Å². The quantitative estimate of drug-likeness (QED) is 0.898. The standard InChI is InChI=1S/C20H25N3O2S/c1-13(2)23-9-8-22(12-14(23)3)20(25)16-6-4-5-15(11-16)17-7-10-26-18(17)19(21)24/h4-7,10-11,13-14H,8-9,12H2,1-3H3,(H2,21,24)/t14-/m0/s1. The molecule has 2 amide bonds. The third-order valence-electron chi connectivity index (χ3n) is 4.94. The van der Waals surface area contributed by atoms with Gasteiger partial charge < -0.3 is 10.6 Å². The second-order valence-electron chi connectivity index (χ2n) is 7.04. The summed E-state index contributed by atoms with van der Waals surface area (Å²) in [6, 6.07) is 10.2. The Bertz CT molecular complexity index is 815. The van der Waals surface area contributed by atoms with E-state index < -0.39 is 5.91 Å². The second kappa shape index (κ2) is 7.60. The summed E-state index contributed by atoms with van der Waals surface area (Å²) in [7, 11) is 0. The first-order valence-electron chi connectivity index (χ1n) is 8.91. The maximum atomic E-state index is 13.0. The molecule has 0 spiro atoms. The number of hydrogen-bond acceptors (Lipinski definition) is 4. The number of benzene rings is 1. The summed E-state index contributed by atoms with van der Waals surface area (Å²) in [5, 5.41) is 1.84. The number of thiophene rings is 1. The lowest BCUT2D eigenvalue weighted by Gasteiger charge is -2.42. The number of amides is 2. The fraction of sp³-hybridized carbons (Fsp3) is 0.400. The van der Waals surface area contributed by atoms with Gasteiger partial charge in [0.1, 0.15) is 0 Å². The van der Waals surface area contributed by atoms with Gasteiger partial charge in [0, 0.05) is 42.8 Å². The minimum absolute atomic E-state index is 0.0398. The van der Waals surface area contributed by atoms with Crippen molar-refractivity contribution in [2.75, 3.05) is 19.6 Å². The number of rotatable bonds is 4. The van der Waals surface area contributed by atoms with Gasteiger partial charge in [-0.05, 0) is 49.9 Å². The van der Waals surface area contributed by atoms with E-state index in [2.05, 4.69) is 25.7 Å². The molecule has 0 bridgehead atoms. The molecular weight excluding hydrogens is 346 g/mol. The zero-order chi connectivity index (χ0) is 18.8. The van der Waals surface area contributed by atoms with Crippen LogP contribution in [0.4, 0.5) is 0 Å². The van der Waals surface area contributed by atoms with E-state index in [1.54, 1.807) is 0 Å². The molecule has 2 N–H and O–H groups in total. The average Bonchev–Trinajstić information content (AvgIpc) is 3.11. The van der Waals surface area contributed by atoms with Gasteiger partial charge in [-0.2, -0.15) is 0 Å². The number of hydrogen-bond donors (Lipinski definition) is 1. The first-order chi connectivity index (χ1) is 12.4. The van der Waals surface area contributed by atoms with Gasteiger partial charge in [-0.15, -0.1) is 11.3 Å². The third-order valence-corrected chi connectivity index (χ3v) is 5.87. The van der Waals surface area contributed by atoms with Crippen LogP contribution in [0.5, 0.6) is 0 Å². The highest BCUT2D eigenvalue weighted by Gasteiger charge is 2.28. The van der Waals surface area contributed by atoms with Crippen molar-refractivity contribution in [1.82, 2.24) is 9.80 Å². The lowest BCUT2D eigenvalue weighted by atomic mass is 10.0. The molecule has 1 aromatic heterocycles. The lowest BCUT2D eigenvalue weighted by Crippen LogP contribution is -2.55. The molecular formula is C20H25N3O2S. The molecule has 0 saturated carbocycles.